The number of nitrogens with zero attached hydrogens (tertiary/aromatic N) is 1. The molecule has 2 aliphatic carbocycles. The summed E-state index contributed by atoms with van der Waals surface area (Å²) in [6.07, 6.45) is 5.28. The molecule has 4 heteroatoms. The smallest absolute Gasteiger partial charge is 0.257 e. The Bertz CT molecular complexity index is 347. The molecule has 2 unspecified atom stereocenters. The van der Waals surface area contributed by atoms with Crippen molar-refractivity contribution in [2.24, 2.45) is 23.7 Å². The van der Waals surface area contributed by atoms with Crippen molar-refractivity contribution < 1.29 is 13.6 Å². The third-order valence-corrected chi connectivity index (χ3v) is 5.51. The van der Waals surface area contributed by atoms with Crippen LogP contribution in [0.4, 0.5) is 8.78 Å². The second kappa shape index (κ2) is 4.71. The van der Waals surface area contributed by atoms with Gasteiger partial charge in [0.05, 0.1) is 0 Å². The molecule has 0 aromatic rings. The minimum Gasteiger partial charge on any atom is -0.341 e. The normalized spacial score (nSPS) is 41.3. The standard InChI is InChI=1S/C15H23F2NO/c1-10-2-4-11(5-3-10)14(19)18-8-12-6-7-13(9-18)15(12,16)17/h10-13H,2-9H2,1H3. The van der Waals surface area contributed by atoms with Crippen LogP contribution in [0.25, 0.3) is 0 Å². The van der Waals surface area contributed by atoms with E-state index in [1.165, 1.54) is 0 Å². The largest absolute Gasteiger partial charge is 0.341 e. The zero-order valence-corrected chi connectivity index (χ0v) is 11.6. The summed E-state index contributed by atoms with van der Waals surface area (Å²) in [6, 6.07) is 0. The lowest BCUT2D eigenvalue weighted by atomic mass is 9.81. The number of rotatable bonds is 1. The van der Waals surface area contributed by atoms with Crippen molar-refractivity contribution >= 4 is 5.91 Å². The third kappa shape index (κ3) is 2.27. The summed E-state index contributed by atoms with van der Waals surface area (Å²) in [4.78, 5) is 14.2. The molecule has 0 aromatic carbocycles. The Morgan fingerprint density at radius 2 is 1.53 bits per heavy atom. The number of likely N-dealkylation sites (tertiary alicyclic amines) is 1. The number of hydrogen-bond acceptors (Lipinski definition) is 1. The van der Waals surface area contributed by atoms with Crippen molar-refractivity contribution in [1.82, 2.24) is 4.90 Å². The van der Waals surface area contributed by atoms with Crippen molar-refractivity contribution in [3.05, 3.63) is 0 Å². The van der Waals surface area contributed by atoms with Gasteiger partial charge in [0.2, 0.25) is 5.91 Å². The number of alkyl halides is 2. The van der Waals surface area contributed by atoms with Gasteiger partial charge in [-0.15, -0.1) is 0 Å². The van der Waals surface area contributed by atoms with E-state index in [-0.39, 0.29) is 24.9 Å². The van der Waals surface area contributed by atoms with Gasteiger partial charge in [0, 0.05) is 30.8 Å². The minimum absolute atomic E-state index is 0.0994. The van der Waals surface area contributed by atoms with Crippen LogP contribution in [0.1, 0.15) is 45.4 Å². The van der Waals surface area contributed by atoms with Gasteiger partial charge in [-0.3, -0.25) is 4.79 Å². The SMILES string of the molecule is CC1CCC(C(=O)N2CC3CCC(C2)C3(F)F)CC1. The molecule has 1 aliphatic heterocycles. The Hall–Kier alpha value is -0.670. The first kappa shape index (κ1) is 13.3. The van der Waals surface area contributed by atoms with Gasteiger partial charge in [-0.2, -0.15) is 0 Å². The molecule has 3 rings (SSSR count). The van der Waals surface area contributed by atoms with E-state index < -0.39 is 17.8 Å². The average Bonchev–Trinajstić information content (AvgIpc) is 2.59. The fourth-order valence-electron chi connectivity index (χ4n) is 4.10. The molecule has 19 heavy (non-hydrogen) atoms. The molecule has 0 N–H and O–H groups in total. The zero-order valence-electron chi connectivity index (χ0n) is 11.6. The quantitative estimate of drug-likeness (QED) is 0.716. The van der Waals surface area contributed by atoms with E-state index in [4.69, 9.17) is 0 Å². The highest BCUT2D eigenvalue weighted by Gasteiger charge is 2.56. The number of fused-ring (bicyclic) bond motifs is 2. The molecule has 1 saturated heterocycles. The maximum Gasteiger partial charge on any atom is 0.257 e. The first-order valence-electron chi connectivity index (χ1n) is 7.65. The summed E-state index contributed by atoms with van der Waals surface area (Å²) < 4.78 is 27.7. The topological polar surface area (TPSA) is 20.3 Å². The van der Waals surface area contributed by atoms with Crippen molar-refractivity contribution in [2.75, 3.05) is 13.1 Å². The predicted octanol–water partition coefficient (Wildman–Crippen LogP) is 3.32. The van der Waals surface area contributed by atoms with E-state index in [9.17, 15) is 13.6 Å². The van der Waals surface area contributed by atoms with Crippen LogP contribution in [-0.2, 0) is 4.79 Å². The molecule has 3 aliphatic rings. The zero-order chi connectivity index (χ0) is 13.6. The van der Waals surface area contributed by atoms with E-state index in [1.807, 2.05) is 0 Å². The van der Waals surface area contributed by atoms with E-state index in [0.29, 0.717) is 18.8 Å². The van der Waals surface area contributed by atoms with E-state index in [0.717, 1.165) is 25.7 Å². The number of carbonyl (C=O) groups excluding carboxylic acids is 1. The molecule has 1 heterocycles. The van der Waals surface area contributed by atoms with Gasteiger partial charge in [-0.05, 0) is 44.4 Å². The summed E-state index contributed by atoms with van der Waals surface area (Å²) in [5, 5.41) is 0. The van der Waals surface area contributed by atoms with Gasteiger partial charge in [-0.1, -0.05) is 6.92 Å². The Morgan fingerprint density at radius 1 is 1.00 bits per heavy atom. The Balaban J connectivity index is 1.63. The van der Waals surface area contributed by atoms with Gasteiger partial charge in [-0.25, -0.2) is 8.78 Å². The van der Waals surface area contributed by atoms with Gasteiger partial charge in [0.15, 0.2) is 0 Å². The molecule has 2 bridgehead atoms. The second-order valence-electron chi connectivity index (χ2n) is 6.85. The van der Waals surface area contributed by atoms with Crippen LogP contribution >= 0.6 is 0 Å². The molecule has 108 valence electrons. The van der Waals surface area contributed by atoms with E-state index >= 15 is 0 Å². The maximum atomic E-state index is 13.8. The lowest BCUT2D eigenvalue weighted by Gasteiger charge is -2.40. The Labute approximate surface area is 113 Å². The van der Waals surface area contributed by atoms with Crippen LogP contribution < -0.4 is 0 Å². The summed E-state index contributed by atoms with van der Waals surface area (Å²) in [5.41, 5.74) is 0. The van der Waals surface area contributed by atoms with E-state index in [2.05, 4.69) is 6.92 Å². The van der Waals surface area contributed by atoms with Crippen LogP contribution in [0.2, 0.25) is 0 Å². The molecule has 0 spiro atoms. The molecule has 2 nitrogen and oxygen atoms in total. The first-order valence-corrected chi connectivity index (χ1v) is 7.65. The summed E-state index contributed by atoms with van der Waals surface area (Å²) in [5.74, 6) is -2.74. The molecular weight excluding hydrogens is 248 g/mol. The average molecular weight is 271 g/mol. The summed E-state index contributed by atoms with van der Waals surface area (Å²) >= 11 is 0. The molecule has 1 amide bonds. The van der Waals surface area contributed by atoms with Gasteiger partial charge >= 0.3 is 0 Å². The van der Waals surface area contributed by atoms with Crippen LogP contribution in [0.5, 0.6) is 0 Å². The fraction of sp³-hybridized carbons (Fsp3) is 0.933. The number of carbonyl (C=O) groups is 1. The molecule has 0 radical (unpaired) electrons. The van der Waals surface area contributed by atoms with E-state index in [1.54, 1.807) is 4.90 Å². The van der Waals surface area contributed by atoms with Gasteiger partial charge < -0.3 is 4.90 Å². The highest BCUT2D eigenvalue weighted by atomic mass is 19.3. The van der Waals surface area contributed by atoms with Crippen LogP contribution in [0.15, 0.2) is 0 Å². The predicted molar refractivity (Wildman–Crippen MR) is 68.9 cm³/mol. The monoisotopic (exact) mass is 271 g/mol. The highest BCUT2D eigenvalue weighted by Crippen LogP contribution is 2.49. The second-order valence-corrected chi connectivity index (χ2v) is 6.85. The van der Waals surface area contributed by atoms with Gasteiger partial charge in [0.25, 0.3) is 5.92 Å². The Kier molecular flexibility index (Phi) is 3.30. The Morgan fingerprint density at radius 3 is 2.05 bits per heavy atom. The number of amides is 1. The molecule has 0 aromatic heterocycles. The molecular formula is C15H23F2NO. The molecule has 2 saturated carbocycles. The molecule has 3 fully saturated rings. The van der Waals surface area contributed by atoms with Crippen molar-refractivity contribution in [3.63, 3.8) is 0 Å². The van der Waals surface area contributed by atoms with Crippen molar-refractivity contribution in [2.45, 2.75) is 51.4 Å². The summed E-state index contributed by atoms with van der Waals surface area (Å²) in [7, 11) is 0. The van der Waals surface area contributed by atoms with Crippen molar-refractivity contribution in [3.8, 4) is 0 Å². The number of piperidine rings is 1. The number of halogens is 2. The first-order chi connectivity index (χ1) is 8.98. The lowest BCUT2D eigenvalue weighted by Crippen LogP contribution is -2.52. The summed E-state index contributed by atoms with van der Waals surface area (Å²) in [6.45, 7) is 2.80. The highest BCUT2D eigenvalue weighted by molar-refractivity contribution is 5.79. The maximum absolute atomic E-state index is 13.8. The fourth-order valence-corrected chi connectivity index (χ4v) is 4.10. The minimum atomic E-state index is -2.53. The van der Waals surface area contributed by atoms with Gasteiger partial charge in [0.1, 0.15) is 0 Å². The number of hydrogen-bond donors (Lipinski definition) is 0. The molecule has 2 atom stereocenters. The van der Waals surface area contributed by atoms with Crippen LogP contribution in [0.3, 0.4) is 0 Å². The van der Waals surface area contributed by atoms with Crippen LogP contribution in [0, 0.1) is 23.7 Å². The lowest BCUT2D eigenvalue weighted by molar-refractivity contribution is -0.153. The van der Waals surface area contributed by atoms with Crippen molar-refractivity contribution in [1.29, 1.82) is 0 Å². The third-order valence-electron chi connectivity index (χ3n) is 5.51. The van der Waals surface area contributed by atoms with Crippen LogP contribution in [-0.4, -0.2) is 29.8 Å².